The highest BCUT2D eigenvalue weighted by Crippen LogP contribution is 2.69. The molecule has 4 rings (SSSR count). The van der Waals surface area contributed by atoms with Gasteiger partial charge in [-0.15, -0.1) is 0 Å². The molecule has 2 bridgehead atoms. The van der Waals surface area contributed by atoms with Crippen molar-refractivity contribution < 1.29 is 19.4 Å². The molecule has 0 aromatic carbocycles. The molecule has 2 N–H and O–H groups in total. The second-order valence-electron chi connectivity index (χ2n) is 7.32. The fraction of sp³-hybridized carbons (Fsp3) is 0.875. The monoisotopic (exact) mass is 293 g/mol. The molecule has 0 spiro atoms. The van der Waals surface area contributed by atoms with E-state index in [1.807, 2.05) is 0 Å². The molecule has 116 valence electrons. The number of amides is 1. The molecule has 1 saturated heterocycles. The maximum absolute atomic E-state index is 12.5. The minimum Gasteiger partial charge on any atom is -0.480 e. The van der Waals surface area contributed by atoms with Crippen LogP contribution in [0.15, 0.2) is 0 Å². The molecule has 0 radical (unpaired) electrons. The van der Waals surface area contributed by atoms with Gasteiger partial charge in [0.1, 0.15) is 6.04 Å². The highest BCUT2D eigenvalue weighted by atomic mass is 16.5. The molecule has 4 aliphatic rings. The first-order chi connectivity index (χ1) is 10.2. The second-order valence-corrected chi connectivity index (χ2v) is 7.32. The van der Waals surface area contributed by atoms with Crippen molar-refractivity contribution in [3.8, 4) is 0 Å². The zero-order chi connectivity index (χ0) is 14.6. The van der Waals surface area contributed by atoms with E-state index in [1.54, 1.807) is 0 Å². The number of fused-ring (bicyclic) bond motifs is 5. The zero-order valence-corrected chi connectivity index (χ0v) is 12.2. The number of hydrogen-bond acceptors (Lipinski definition) is 3. The molecular formula is C16H23NO4. The van der Waals surface area contributed by atoms with Crippen molar-refractivity contribution >= 4 is 11.9 Å². The predicted molar refractivity (Wildman–Crippen MR) is 74.4 cm³/mol. The van der Waals surface area contributed by atoms with Gasteiger partial charge in [0.05, 0.1) is 6.61 Å². The number of carboxylic acid groups (broad SMARTS) is 1. The predicted octanol–water partition coefficient (Wildman–Crippen LogP) is 1.27. The summed E-state index contributed by atoms with van der Waals surface area (Å²) in [4.78, 5) is 24.0. The lowest BCUT2D eigenvalue weighted by molar-refractivity contribution is -0.145. The maximum atomic E-state index is 12.5. The zero-order valence-electron chi connectivity index (χ0n) is 12.2. The number of aliphatic carboxylic acids is 1. The molecule has 3 saturated carbocycles. The van der Waals surface area contributed by atoms with Crippen molar-refractivity contribution in [2.75, 3.05) is 13.2 Å². The van der Waals surface area contributed by atoms with Crippen LogP contribution < -0.4 is 5.32 Å². The van der Waals surface area contributed by atoms with Gasteiger partial charge in [0.25, 0.3) is 0 Å². The average Bonchev–Trinajstić information content (AvgIpc) is 2.93. The first kappa shape index (κ1) is 13.6. The SMILES string of the molecule is O=C(O)C(NC(=O)C1C2C3CCC(C3)C12)C1CCCOC1. The molecule has 6 unspecified atom stereocenters. The molecular weight excluding hydrogens is 270 g/mol. The molecule has 1 amide bonds. The number of carbonyl (C=O) groups excluding carboxylic acids is 1. The van der Waals surface area contributed by atoms with Crippen molar-refractivity contribution in [2.45, 2.75) is 38.1 Å². The summed E-state index contributed by atoms with van der Waals surface area (Å²) in [5.41, 5.74) is 0. The minimum absolute atomic E-state index is 0.0143. The molecule has 5 heteroatoms. The fourth-order valence-corrected chi connectivity index (χ4v) is 5.33. The highest BCUT2D eigenvalue weighted by molar-refractivity contribution is 5.87. The maximum Gasteiger partial charge on any atom is 0.326 e. The van der Waals surface area contributed by atoms with Crippen LogP contribution >= 0.6 is 0 Å². The Bertz CT molecular complexity index is 443. The first-order valence-corrected chi connectivity index (χ1v) is 8.27. The van der Waals surface area contributed by atoms with Crippen LogP contribution in [0.1, 0.15) is 32.1 Å². The number of rotatable bonds is 4. The van der Waals surface area contributed by atoms with Crippen LogP contribution in [0.4, 0.5) is 0 Å². The lowest BCUT2D eigenvalue weighted by Gasteiger charge is -2.28. The number of ether oxygens (including phenoxy) is 1. The van der Waals surface area contributed by atoms with Gasteiger partial charge >= 0.3 is 5.97 Å². The summed E-state index contributed by atoms with van der Waals surface area (Å²) in [6.45, 7) is 1.15. The van der Waals surface area contributed by atoms with Crippen LogP contribution in [-0.4, -0.2) is 36.2 Å². The third kappa shape index (κ3) is 2.17. The molecule has 0 aromatic heterocycles. The summed E-state index contributed by atoms with van der Waals surface area (Å²) in [5.74, 6) is 1.65. The quantitative estimate of drug-likeness (QED) is 0.818. The van der Waals surface area contributed by atoms with Gasteiger partial charge in [-0.1, -0.05) is 0 Å². The third-order valence-electron chi connectivity index (χ3n) is 6.27. The van der Waals surface area contributed by atoms with Crippen LogP contribution in [0.3, 0.4) is 0 Å². The summed E-state index contributed by atoms with van der Waals surface area (Å²) < 4.78 is 5.37. The Hall–Kier alpha value is -1.10. The van der Waals surface area contributed by atoms with Gasteiger partial charge < -0.3 is 15.2 Å². The van der Waals surface area contributed by atoms with Crippen LogP contribution in [0.2, 0.25) is 0 Å². The molecule has 1 aliphatic heterocycles. The van der Waals surface area contributed by atoms with Crippen LogP contribution in [-0.2, 0) is 14.3 Å². The number of carbonyl (C=O) groups is 2. The molecule has 5 nitrogen and oxygen atoms in total. The number of nitrogens with one attached hydrogen (secondary N) is 1. The Kier molecular flexibility index (Phi) is 3.21. The van der Waals surface area contributed by atoms with E-state index in [-0.39, 0.29) is 17.7 Å². The van der Waals surface area contributed by atoms with Gasteiger partial charge in [0.15, 0.2) is 0 Å². The van der Waals surface area contributed by atoms with E-state index in [1.165, 1.54) is 19.3 Å². The molecule has 0 aromatic rings. The van der Waals surface area contributed by atoms with Crippen molar-refractivity contribution in [3.63, 3.8) is 0 Å². The Labute approximate surface area is 124 Å². The number of hydrogen-bond donors (Lipinski definition) is 2. The molecule has 21 heavy (non-hydrogen) atoms. The van der Waals surface area contributed by atoms with Gasteiger partial charge in [-0.2, -0.15) is 0 Å². The Morgan fingerprint density at radius 3 is 2.43 bits per heavy atom. The normalized spacial score (nSPS) is 45.0. The van der Waals surface area contributed by atoms with E-state index in [0.717, 1.165) is 24.7 Å². The topological polar surface area (TPSA) is 75.6 Å². The summed E-state index contributed by atoms with van der Waals surface area (Å²) in [5, 5.41) is 12.3. The van der Waals surface area contributed by atoms with E-state index in [0.29, 0.717) is 25.0 Å². The van der Waals surface area contributed by atoms with E-state index < -0.39 is 12.0 Å². The van der Waals surface area contributed by atoms with Gasteiger partial charge in [-0.3, -0.25) is 4.79 Å². The van der Waals surface area contributed by atoms with Gasteiger partial charge in [0.2, 0.25) is 5.91 Å². The summed E-state index contributed by atoms with van der Waals surface area (Å²) in [6, 6.07) is -0.781. The van der Waals surface area contributed by atoms with Crippen LogP contribution in [0.5, 0.6) is 0 Å². The van der Waals surface area contributed by atoms with Crippen molar-refractivity contribution in [2.24, 2.45) is 35.5 Å². The summed E-state index contributed by atoms with van der Waals surface area (Å²) in [7, 11) is 0. The average molecular weight is 293 g/mol. The minimum atomic E-state index is -0.923. The van der Waals surface area contributed by atoms with E-state index in [9.17, 15) is 14.7 Å². The van der Waals surface area contributed by atoms with E-state index in [2.05, 4.69) is 5.32 Å². The van der Waals surface area contributed by atoms with Gasteiger partial charge in [-0.25, -0.2) is 4.79 Å². The van der Waals surface area contributed by atoms with E-state index in [4.69, 9.17) is 4.74 Å². The van der Waals surface area contributed by atoms with Gasteiger partial charge in [0, 0.05) is 18.4 Å². The molecule has 6 atom stereocenters. The summed E-state index contributed by atoms with van der Waals surface area (Å²) in [6.07, 6.45) is 5.55. The Balaban J connectivity index is 1.39. The standard InChI is InChI=1S/C16H23NO4/c18-15(13-11-8-3-4-9(6-8)12(11)13)17-14(16(19)20)10-2-1-5-21-7-10/h8-14H,1-7H2,(H,17,18)(H,19,20). The second kappa shape index (κ2) is 4.97. The lowest BCUT2D eigenvalue weighted by atomic mass is 9.93. The fourth-order valence-electron chi connectivity index (χ4n) is 5.33. The van der Waals surface area contributed by atoms with E-state index >= 15 is 0 Å². The van der Waals surface area contributed by atoms with Crippen molar-refractivity contribution in [1.29, 1.82) is 0 Å². The summed E-state index contributed by atoms with van der Waals surface area (Å²) >= 11 is 0. The molecule has 1 heterocycles. The van der Waals surface area contributed by atoms with Crippen molar-refractivity contribution in [3.05, 3.63) is 0 Å². The lowest BCUT2D eigenvalue weighted by Crippen LogP contribution is -2.49. The number of carboxylic acids is 1. The smallest absolute Gasteiger partial charge is 0.326 e. The van der Waals surface area contributed by atoms with Gasteiger partial charge in [-0.05, 0) is 55.8 Å². The third-order valence-corrected chi connectivity index (χ3v) is 6.27. The van der Waals surface area contributed by atoms with Crippen LogP contribution in [0.25, 0.3) is 0 Å². The van der Waals surface area contributed by atoms with Crippen LogP contribution in [0, 0.1) is 35.5 Å². The highest BCUT2D eigenvalue weighted by Gasteiger charge is 2.67. The Morgan fingerprint density at radius 2 is 1.86 bits per heavy atom. The molecule has 3 aliphatic carbocycles. The first-order valence-electron chi connectivity index (χ1n) is 8.27. The van der Waals surface area contributed by atoms with Crippen molar-refractivity contribution in [1.82, 2.24) is 5.32 Å². The molecule has 4 fully saturated rings. The Morgan fingerprint density at radius 1 is 1.14 bits per heavy atom. The largest absolute Gasteiger partial charge is 0.480 e.